The predicted octanol–water partition coefficient (Wildman–Crippen LogP) is 2.43. The van der Waals surface area contributed by atoms with Gasteiger partial charge in [0, 0.05) is 12.8 Å². The fourth-order valence-electron chi connectivity index (χ4n) is 0.610. The molecule has 0 aromatic carbocycles. The van der Waals surface area contributed by atoms with Crippen molar-refractivity contribution in [1.29, 1.82) is 0 Å². The van der Waals surface area contributed by atoms with Crippen molar-refractivity contribution in [3.05, 3.63) is 11.6 Å². The van der Waals surface area contributed by atoms with E-state index in [1.54, 1.807) is 0 Å². The van der Waals surface area contributed by atoms with Crippen molar-refractivity contribution in [1.82, 2.24) is 0 Å². The number of nitrogens with zero attached hydrogens (tertiary/aromatic N) is 1. The van der Waals surface area contributed by atoms with Gasteiger partial charge in [-0.3, -0.25) is 4.99 Å². The van der Waals surface area contributed by atoms with Gasteiger partial charge >= 0.3 is 0 Å². The summed E-state index contributed by atoms with van der Waals surface area (Å²) in [5.74, 6) is 0. The Morgan fingerprint density at radius 3 is 2.56 bits per heavy atom. The summed E-state index contributed by atoms with van der Waals surface area (Å²) in [4.78, 5) is 4.10. The molecule has 52 valence electrons. The second-order valence-electron chi connectivity index (χ2n) is 1.98. The highest BCUT2D eigenvalue weighted by atomic mass is 14.7. The topological polar surface area (TPSA) is 12.4 Å². The maximum atomic E-state index is 4.10. The first-order chi connectivity index (χ1) is 4.31. The SMILES string of the molecule is CC/C=C(/C)C=NCC. The first kappa shape index (κ1) is 8.41. The van der Waals surface area contributed by atoms with Gasteiger partial charge in [0.05, 0.1) is 0 Å². The highest BCUT2D eigenvalue weighted by Crippen LogP contribution is 1.89. The van der Waals surface area contributed by atoms with E-state index in [4.69, 9.17) is 0 Å². The third-order valence-electron chi connectivity index (χ3n) is 1.00. The molecule has 1 heteroatoms. The quantitative estimate of drug-likeness (QED) is 0.514. The Bertz CT molecular complexity index is 112. The average Bonchev–Trinajstić information content (AvgIpc) is 1.85. The predicted molar refractivity (Wildman–Crippen MR) is 43.1 cm³/mol. The zero-order valence-electron chi connectivity index (χ0n) is 6.52. The third kappa shape index (κ3) is 5.28. The fraction of sp³-hybridized carbons (Fsp3) is 0.625. The summed E-state index contributed by atoms with van der Waals surface area (Å²) in [6.45, 7) is 7.12. The van der Waals surface area contributed by atoms with E-state index >= 15 is 0 Å². The second kappa shape index (κ2) is 5.54. The zero-order valence-corrected chi connectivity index (χ0v) is 6.52. The molecule has 0 fully saturated rings. The van der Waals surface area contributed by atoms with Crippen molar-refractivity contribution in [2.45, 2.75) is 27.2 Å². The number of hydrogen-bond donors (Lipinski definition) is 0. The molecule has 0 aliphatic carbocycles. The van der Waals surface area contributed by atoms with Crippen molar-refractivity contribution in [2.75, 3.05) is 6.54 Å². The fourth-order valence-corrected chi connectivity index (χ4v) is 0.610. The Labute approximate surface area is 57.5 Å². The summed E-state index contributed by atoms with van der Waals surface area (Å²) in [5, 5.41) is 0. The van der Waals surface area contributed by atoms with Gasteiger partial charge in [-0.1, -0.05) is 13.0 Å². The average molecular weight is 125 g/mol. The molecule has 0 bridgehead atoms. The summed E-state index contributed by atoms with van der Waals surface area (Å²) in [7, 11) is 0. The van der Waals surface area contributed by atoms with Gasteiger partial charge in [-0.2, -0.15) is 0 Å². The van der Waals surface area contributed by atoms with E-state index in [-0.39, 0.29) is 0 Å². The summed E-state index contributed by atoms with van der Waals surface area (Å²) >= 11 is 0. The largest absolute Gasteiger partial charge is 0.293 e. The van der Waals surface area contributed by atoms with E-state index in [1.807, 2.05) is 13.1 Å². The van der Waals surface area contributed by atoms with E-state index in [9.17, 15) is 0 Å². The smallest absolute Gasteiger partial charge is 0.0361 e. The molecule has 9 heavy (non-hydrogen) atoms. The van der Waals surface area contributed by atoms with Gasteiger partial charge in [-0.25, -0.2) is 0 Å². The van der Waals surface area contributed by atoms with Crippen molar-refractivity contribution in [2.24, 2.45) is 4.99 Å². The molecule has 0 N–H and O–H groups in total. The molecule has 0 amide bonds. The van der Waals surface area contributed by atoms with Gasteiger partial charge < -0.3 is 0 Å². The Hall–Kier alpha value is -0.590. The molecule has 0 aliphatic heterocycles. The van der Waals surface area contributed by atoms with Crippen molar-refractivity contribution >= 4 is 6.21 Å². The Kier molecular flexibility index (Phi) is 5.18. The van der Waals surface area contributed by atoms with Gasteiger partial charge in [0.1, 0.15) is 0 Å². The Morgan fingerprint density at radius 2 is 2.11 bits per heavy atom. The number of rotatable bonds is 3. The lowest BCUT2D eigenvalue weighted by atomic mass is 10.3. The molecule has 0 atom stereocenters. The van der Waals surface area contributed by atoms with Crippen LogP contribution in [0.15, 0.2) is 16.6 Å². The molecule has 0 saturated heterocycles. The standard InChI is InChI=1S/C8H15N/c1-4-6-8(3)7-9-5-2/h6-7H,4-5H2,1-3H3/b8-6-,9-7?. The van der Waals surface area contributed by atoms with Crippen molar-refractivity contribution < 1.29 is 0 Å². The molecule has 0 heterocycles. The number of allylic oxidation sites excluding steroid dienone is 2. The third-order valence-corrected chi connectivity index (χ3v) is 1.00. The molecule has 0 rings (SSSR count). The molecule has 0 saturated carbocycles. The number of aliphatic imine (C=N–C) groups is 1. The molecule has 0 aliphatic rings. The van der Waals surface area contributed by atoms with Crippen LogP contribution in [0.2, 0.25) is 0 Å². The first-order valence-electron chi connectivity index (χ1n) is 3.47. The van der Waals surface area contributed by atoms with Crippen LogP contribution in [0.25, 0.3) is 0 Å². The minimum absolute atomic E-state index is 0.884. The molecule has 0 aromatic heterocycles. The first-order valence-corrected chi connectivity index (χ1v) is 3.47. The summed E-state index contributed by atoms with van der Waals surface area (Å²) in [6.07, 6.45) is 5.18. The highest BCUT2D eigenvalue weighted by molar-refractivity contribution is 5.77. The summed E-state index contributed by atoms with van der Waals surface area (Å²) < 4.78 is 0. The second-order valence-corrected chi connectivity index (χ2v) is 1.98. The van der Waals surface area contributed by atoms with Gasteiger partial charge in [0.2, 0.25) is 0 Å². The van der Waals surface area contributed by atoms with Gasteiger partial charge in [0.25, 0.3) is 0 Å². The summed E-state index contributed by atoms with van der Waals surface area (Å²) in [5.41, 5.74) is 1.26. The lowest BCUT2D eigenvalue weighted by Crippen LogP contribution is -1.77. The molecule has 0 unspecified atom stereocenters. The minimum atomic E-state index is 0.884. The van der Waals surface area contributed by atoms with E-state index in [2.05, 4.69) is 24.9 Å². The zero-order chi connectivity index (χ0) is 7.11. The van der Waals surface area contributed by atoms with Crippen LogP contribution >= 0.6 is 0 Å². The van der Waals surface area contributed by atoms with Crippen LogP contribution in [0.1, 0.15) is 27.2 Å². The molecule has 0 aromatic rings. The number of hydrogen-bond acceptors (Lipinski definition) is 1. The van der Waals surface area contributed by atoms with Crippen molar-refractivity contribution in [3.8, 4) is 0 Å². The molecule has 0 spiro atoms. The van der Waals surface area contributed by atoms with E-state index in [0.29, 0.717) is 0 Å². The molecular weight excluding hydrogens is 110 g/mol. The van der Waals surface area contributed by atoms with Gasteiger partial charge in [0.15, 0.2) is 0 Å². The van der Waals surface area contributed by atoms with Crippen LogP contribution in [0.4, 0.5) is 0 Å². The summed E-state index contributed by atoms with van der Waals surface area (Å²) in [6, 6.07) is 0. The Morgan fingerprint density at radius 1 is 1.44 bits per heavy atom. The highest BCUT2D eigenvalue weighted by Gasteiger charge is 1.76. The maximum absolute atomic E-state index is 4.10. The lowest BCUT2D eigenvalue weighted by molar-refractivity contribution is 1.13. The van der Waals surface area contributed by atoms with Crippen LogP contribution < -0.4 is 0 Å². The van der Waals surface area contributed by atoms with Crippen LogP contribution in [0.5, 0.6) is 0 Å². The van der Waals surface area contributed by atoms with Crippen LogP contribution in [0.3, 0.4) is 0 Å². The molecule has 1 nitrogen and oxygen atoms in total. The van der Waals surface area contributed by atoms with Gasteiger partial charge in [-0.15, -0.1) is 0 Å². The van der Waals surface area contributed by atoms with E-state index < -0.39 is 0 Å². The maximum Gasteiger partial charge on any atom is 0.0361 e. The minimum Gasteiger partial charge on any atom is -0.293 e. The van der Waals surface area contributed by atoms with E-state index in [1.165, 1.54) is 5.57 Å². The molecule has 0 radical (unpaired) electrons. The normalized spacial score (nSPS) is 13.0. The molecular formula is C8H15N. The van der Waals surface area contributed by atoms with E-state index in [0.717, 1.165) is 13.0 Å². The van der Waals surface area contributed by atoms with Crippen LogP contribution in [0, 0.1) is 0 Å². The monoisotopic (exact) mass is 125 g/mol. The Balaban J connectivity index is 3.60. The van der Waals surface area contributed by atoms with Crippen molar-refractivity contribution in [3.63, 3.8) is 0 Å². The van der Waals surface area contributed by atoms with Crippen LogP contribution in [-0.2, 0) is 0 Å². The van der Waals surface area contributed by atoms with Gasteiger partial charge in [-0.05, 0) is 25.8 Å². The lowest BCUT2D eigenvalue weighted by Gasteiger charge is -1.86. The van der Waals surface area contributed by atoms with Crippen LogP contribution in [-0.4, -0.2) is 12.8 Å².